The lowest BCUT2D eigenvalue weighted by Crippen LogP contribution is -2.21. The van der Waals surface area contributed by atoms with Gasteiger partial charge in [0.2, 0.25) is 0 Å². The van der Waals surface area contributed by atoms with E-state index < -0.39 is 5.82 Å². The van der Waals surface area contributed by atoms with E-state index in [9.17, 15) is 9.18 Å². The summed E-state index contributed by atoms with van der Waals surface area (Å²) in [6, 6.07) is 9.38. The van der Waals surface area contributed by atoms with Gasteiger partial charge in [0, 0.05) is 17.3 Å². The molecule has 0 saturated heterocycles. The number of aliphatic hydroxyl groups excluding tert-OH is 1. The molecule has 102 valence electrons. The van der Waals surface area contributed by atoms with Gasteiger partial charge in [0.1, 0.15) is 12.4 Å². The van der Waals surface area contributed by atoms with E-state index in [1.54, 1.807) is 16.7 Å². The topological polar surface area (TPSA) is 42.2 Å². The highest BCUT2D eigenvalue weighted by Crippen LogP contribution is 2.10. The lowest BCUT2D eigenvalue weighted by atomic mass is 10.1. The third-order valence-electron chi connectivity index (χ3n) is 2.88. The van der Waals surface area contributed by atoms with Gasteiger partial charge in [0.15, 0.2) is 0 Å². The average Bonchev–Trinajstić information content (AvgIpc) is 2.40. The number of aromatic nitrogens is 1. The number of aliphatic hydroxyl groups is 1. The van der Waals surface area contributed by atoms with Crippen LogP contribution in [-0.2, 0) is 6.54 Å². The molecule has 3 nitrogen and oxygen atoms in total. The molecule has 0 aliphatic heterocycles. The average molecular weight is 271 g/mol. The second-order valence-electron chi connectivity index (χ2n) is 4.40. The molecule has 2 rings (SSSR count). The number of nitrogens with zero attached hydrogens (tertiary/aromatic N) is 1. The summed E-state index contributed by atoms with van der Waals surface area (Å²) in [5.74, 6) is 4.73. The van der Waals surface area contributed by atoms with Gasteiger partial charge in [-0.25, -0.2) is 4.39 Å². The Kier molecular flexibility index (Phi) is 4.34. The smallest absolute Gasteiger partial charge is 0.251 e. The van der Waals surface area contributed by atoms with E-state index in [0.29, 0.717) is 11.1 Å². The molecule has 20 heavy (non-hydrogen) atoms. The molecule has 0 bridgehead atoms. The number of hydrogen-bond donors (Lipinski definition) is 1. The molecule has 0 amide bonds. The standard InChI is InChI=1S/C16H14FNO2/c1-12-4-2-6-16(20)18(12)11-14-8-13(5-3-7-19)9-15(17)10-14/h2,4,6,8-10,19H,7,11H2,1H3. The molecule has 1 heterocycles. The molecule has 0 fully saturated rings. The summed E-state index contributed by atoms with van der Waals surface area (Å²) in [5, 5.41) is 8.66. The maximum Gasteiger partial charge on any atom is 0.251 e. The third-order valence-corrected chi connectivity index (χ3v) is 2.88. The van der Waals surface area contributed by atoms with Gasteiger partial charge in [0.25, 0.3) is 5.56 Å². The van der Waals surface area contributed by atoms with Crippen molar-refractivity contribution in [2.24, 2.45) is 0 Å². The summed E-state index contributed by atoms with van der Waals surface area (Å²) >= 11 is 0. The Bertz CT molecular complexity index is 738. The van der Waals surface area contributed by atoms with Gasteiger partial charge in [0.05, 0.1) is 6.54 Å². The zero-order chi connectivity index (χ0) is 14.5. The van der Waals surface area contributed by atoms with E-state index in [0.717, 1.165) is 5.69 Å². The first kappa shape index (κ1) is 14.0. The zero-order valence-electron chi connectivity index (χ0n) is 11.1. The third kappa shape index (κ3) is 3.34. The van der Waals surface area contributed by atoms with Crippen LogP contribution in [0, 0.1) is 24.6 Å². The highest BCUT2D eigenvalue weighted by Gasteiger charge is 2.04. The van der Waals surface area contributed by atoms with Gasteiger partial charge in [-0.05, 0) is 36.8 Å². The number of rotatable bonds is 2. The van der Waals surface area contributed by atoms with E-state index in [1.807, 2.05) is 13.0 Å². The van der Waals surface area contributed by atoms with E-state index in [1.165, 1.54) is 18.2 Å². The van der Waals surface area contributed by atoms with Crippen LogP contribution in [0.25, 0.3) is 0 Å². The van der Waals surface area contributed by atoms with Crippen LogP contribution in [0.5, 0.6) is 0 Å². The molecule has 4 heteroatoms. The van der Waals surface area contributed by atoms with Crippen molar-refractivity contribution < 1.29 is 9.50 Å². The van der Waals surface area contributed by atoms with Crippen LogP contribution in [0.15, 0.2) is 41.2 Å². The Morgan fingerprint density at radius 3 is 2.80 bits per heavy atom. The molecule has 0 radical (unpaired) electrons. The van der Waals surface area contributed by atoms with Crippen molar-refractivity contribution >= 4 is 0 Å². The number of benzene rings is 1. The monoisotopic (exact) mass is 271 g/mol. The number of halogens is 1. The zero-order valence-corrected chi connectivity index (χ0v) is 11.1. The van der Waals surface area contributed by atoms with Crippen LogP contribution >= 0.6 is 0 Å². The normalized spacial score (nSPS) is 9.95. The lowest BCUT2D eigenvalue weighted by molar-refractivity contribution is 0.350. The minimum absolute atomic E-state index is 0.128. The second kappa shape index (κ2) is 6.18. The first-order chi connectivity index (χ1) is 9.60. The Morgan fingerprint density at radius 2 is 2.10 bits per heavy atom. The fourth-order valence-electron chi connectivity index (χ4n) is 1.96. The summed E-state index contributed by atoms with van der Waals surface area (Å²) in [4.78, 5) is 11.8. The summed E-state index contributed by atoms with van der Waals surface area (Å²) in [7, 11) is 0. The fraction of sp³-hybridized carbons (Fsp3) is 0.188. The number of pyridine rings is 1. The molecular weight excluding hydrogens is 257 g/mol. The van der Waals surface area contributed by atoms with Gasteiger partial charge >= 0.3 is 0 Å². The first-order valence-corrected chi connectivity index (χ1v) is 6.16. The molecule has 0 spiro atoms. The molecule has 0 aliphatic carbocycles. The lowest BCUT2D eigenvalue weighted by Gasteiger charge is -2.10. The molecule has 0 atom stereocenters. The van der Waals surface area contributed by atoms with E-state index in [4.69, 9.17) is 5.11 Å². The van der Waals surface area contributed by atoms with Crippen LogP contribution < -0.4 is 5.56 Å². The van der Waals surface area contributed by atoms with Gasteiger partial charge in [-0.15, -0.1) is 0 Å². The molecule has 2 aromatic rings. The van der Waals surface area contributed by atoms with Crippen molar-refractivity contribution in [3.8, 4) is 11.8 Å². The Morgan fingerprint density at radius 1 is 1.30 bits per heavy atom. The van der Waals surface area contributed by atoms with Crippen molar-refractivity contribution in [3.05, 3.63) is 69.4 Å². The minimum atomic E-state index is -0.411. The second-order valence-corrected chi connectivity index (χ2v) is 4.40. The quantitative estimate of drug-likeness (QED) is 0.845. The molecule has 0 saturated carbocycles. The van der Waals surface area contributed by atoms with Crippen molar-refractivity contribution in [2.45, 2.75) is 13.5 Å². The van der Waals surface area contributed by atoms with Crippen LogP contribution in [0.3, 0.4) is 0 Å². The van der Waals surface area contributed by atoms with Crippen molar-refractivity contribution in [3.63, 3.8) is 0 Å². The van der Waals surface area contributed by atoms with Gasteiger partial charge in [-0.3, -0.25) is 4.79 Å². The number of aryl methyl sites for hydroxylation is 1. The maximum atomic E-state index is 13.5. The first-order valence-electron chi connectivity index (χ1n) is 6.16. The Hall–Kier alpha value is -2.38. The largest absolute Gasteiger partial charge is 0.384 e. The van der Waals surface area contributed by atoms with Crippen LogP contribution in [0.2, 0.25) is 0 Å². The highest BCUT2D eigenvalue weighted by molar-refractivity contribution is 5.38. The molecule has 1 N–H and O–H groups in total. The molecular formula is C16H14FNO2. The number of hydrogen-bond acceptors (Lipinski definition) is 2. The van der Waals surface area contributed by atoms with Gasteiger partial charge in [-0.1, -0.05) is 17.9 Å². The maximum absolute atomic E-state index is 13.5. The molecule has 1 aromatic heterocycles. The summed E-state index contributed by atoms with van der Waals surface area (Å²) < 4.78 is 15.1. The van der Waals surface area contributed by atoms with Gasteiger partial charge in [-0.2, -0.15) is 0 Å². The molecule has 1 aromatic carbocycles. The van der Waals surface area contributed by atoms with Crippen molar-refractivity contribution in [2.75, 3.05) is 6.61 Å². The summed E-state index contributed by atoms with van der Waals surface area (Å²) in [5.41, 5.74) is 1.82. The SMILES string of the molecule is Cc1cccc(=O)n1Cc1cc(F)cc(C#CCO)c1. The van der Waals surface area contributed by atoms with Crippen LogP contribution in [-0.4, -0.2) is 16.3 Å². The molecule has 0 unspecified atom stereocenters. The van der Waals surface area contributed by atoms with E-state index in [2.05, 4.69) is 11.8 Å². The van der Waals surface area contributed by atoms with Gasteiger partial charge < -0.3 is 9.67 Å². The van der Waals surface area contributed by atoms with E-state index in [-0.39, 0.29) is 18.7 Å². The predicted octanol–water partition coefficient (Wildman–Crippen LogP) is 1.69. The van der Waals surface area contributed by atoms with Crippen LogP contribution in [0.4, 0.5) is 4.39 Å². The Labute approximate surface area is 116 Å². The molecule has 0 aliphatic rings. The van der Waals surface area contributed by atoms with Crippen molar-refractivity contribution in [1.29, 1.82) is 0 Å². The Balaban J connectivity index is 2.39. The van der Waals surface area contributed by atoms with Crippen molar-refractivity contribution in [1.82, 2.24) is 4.57 Å². The predicted molar refractivity (Wildman–Crippen MR) is 74.9 cm³/mol. The summed E-state index contributed by atoms with van der Waals surface area (Å²) in [6.07, 6.45) is 0. The van der Waals surface area contributed by atoms with Crippen LogP contribution in [0.1, 0.15) is 16.8 Å². The van der Waals surface area contributed by atoms with E-state index >= 15 is 0 Å². The highest BCUT2D eigenvalue weighted by atomic mass is 19.1. The summed E-state index contributed by atoms with van der Waals surface area (Å²) in [6.45, 7) is 1.84. The minimum Gasteiger partial charge on any atom is -0.384 e. The fourth-order valence-corrected chi connectivity index (χ4v) is 1.96.